The quantitative estimate of drug-likeness (QED) is 0.147. The largest absolute Gasteiger partial charge is 0.310 e. The smallest absolute Gasteiger partial charge is 0.0561 e. The second-order valence-corrected chi connectivity index (χ2v) is 13.7. The molecule has 0 saturated carbocycles. The van der Waals surface area contributed by atoms with Gasteiger partial charge in [0.1, 0.15) is 0 Å². The Morgan fingerprint density at radius 2 is 0.611 bits per heavy atom. The first-order valence-corrected chi connectivity index (χ1v) is 18.5. The van der Waals surface area contributed by atoms with Gasteiger partial charge in [-0.3, -0.25) is 0 Å². The first-order valence-electron chi connectivity index (χ1n) is 18.5. The van der Waals surface area contributed by atoms with Crippen LogP contribution in [-0.4, -0.2) is 0 Å². The highest BCUT2D eigenvalue weighted by atomic mass is 15.2. The van der Waals surface area contributed by atoms with Crippen molar-refractivity contribution in [2.45, 2.75) is 0 Å². The molecule has 0 amide bonds. The van der Waals surface area contributed by atoms with E-state index in [9.17, 15) is 0 Å². The minimum atomic E-state index is 1.11. The van der Waals surface area contributed by atoms with E-state index in [1.165, 1.54) is 54.6 Å². The maximum Gasteiger partial charge on any atom is 0.0561 e. The predicted octanol–water partition coefficient (Wildman–Crippen LogP) is 14.9. The lowest BCUT2D eigenvalue weighted by Gasteiger charge is -2.32. The number of rotatable bonds is 8. The van der Waals surface area contributed by atoms with Crippen LogP contribution >= 0.6 is 0 Å². The molecule has 0 aliphatic heterocycles. The van der Waals surface area contributed by atoms with Crippen molar-refractivity contribution in [1.29, 1.82) is 0 Å². The summed E-state index contributed by atoms with van der Waals surface area (Å²) in [6.45, 7) is 0. The fourth-order valence-corrected chi connectivity index (χ4v) is 8.17. The number of hydrogen-bond acceptors (Lipinski definition) is 2. The molecule has 10 aromatic carbocycles. The van der Waals surface area contributed by atoms with Crippen LogP contribution in [0.4, 0.5) is 34.1 Å². The summed E-state index contributed by atoms with van der Waals surface area (Å²) in [5.41, 5.74) is 11.6. The van der Waals surface area contributed by atoms with Crippen LogP contribution in [0, 0.1) is 0 Å². The van der Waals surface area contributed by atoms with E-state index < -0.39 is 0 Å². The molecule has 0 spiro atoms. The average molecular weight is 689 g/mol. The molecule has 0 fully saturated rings. The van der Waals surface area contributed by atoms with E-state index in [1.54, 1.807) is 0 Å². The average Bonchev–Trinajstić information content (AvgIpc) is 3.25. The van der Waals surface area contributed by atoms with Crippen molar-refractivity contribution in [2.75, 3.05) is 9.80 Å². The van der Waals surface area contributed by atoms with Gasteiger partial charge in [-0.2, -0.15) is 0 Å². The van der Waals surface area contributed by atoms with Crippen LogP contribution in [0.2, 0.25) is 0 Å². The highest BCUT2D eigenvalue weighted by molar-refractivity contribution is 6.29. The van der Waals surface area contributed by atoms with E-state index in [2.05, 4.69) is 228 Å². The molecule has 0 saturated heterocycles. The van der Waals surface area contributed by atoms with Gasteiger partial charge in [-0.15, -0.1) is 0 Å². The zero-order valence-corrected chi connectivity index (χ0v) is 29.7. The lowest BCUT2D eigenvalue weighted by atomic mass is 9.88. The highest BCUT2D eigenvalue weighted by Gasteiger charge is 2.24. The van der Waals surface area contributed by atoms with Crippen molar-refractivity contribution >= 4 is 66.4 Å². The van der Waals surface area contributed by atoms with Crippen LogP contribution < -0.4 is 9.80 Å². The number of para-hydroxylation sites is 4. The molecule has 0 atom stereocenters. The van der Waals surface area contributed by atoms with Gasteiger partial charge in [0.2, 0.25) is 0 Å². The Balaban J connectivity index is 1.30. The fourth-order valence-electron chi connectivity index (χ4n) is 8.17. The van der Waals surface area contributed by atoms with E-state index in [4.69, 9.17) is 0 Å². The fraction of sp³-hybridized carbons (Fsp3) is 0. The molecule has 0 N–H and O–H groups in total. The molecule has 10 rings (SSSR count). The van der Waals surface area contributed by atoms with Gasteiger partial charge in [-0.25, -0.2) is 0 Å². The molecule has 2 heteroatoms. The van der Waals surface area contributed by atoms with Crippen LogP contribution in [0.15, 0.2) is 218 Å². The molecular formula is C52H36N2. The summed E-state index contributed by atoms with van der Waals surface area (Å²) in [7, 11) is 0. The summed E-state index contributed by atoms with van der Waals surface area (Å²) in [5.74, 6) is 0. The summed E-state index contributed by atoms with van der Waals surface area (Å²) in [4.78, 5) is 4.82. The van der Waals surface area contributed by atoms with Crippen molar-refractivity contribution in [3.63, 3.8) is 0 Å². The minimum Gasteiger partial charge on any atom is -0.310 e. The minimum absolute atomic E-state index is 1.11. The van der Waals surface area contributed by atoms with Gasteiger partial charge in [0.25, 0.3) is 0 Å². The summed E-state index contributed by atoms with van der Waals surface area (Å²) >= 11 is 0. The number of anilines is 6. The van der Waals surface area contributed by atoms with Crippen LogP contribution in [0.3, 0.4) is 0 Å². The van der Waals surface area contributed by atoms with Gasteiger partial charge < -0.3 is 9.80 Å². The van der Waals surface area contributed by atoms with E-state index >= 15 is 0 Å². The zero-order chi connectivity index (χ0) is 35.8. The summed E-state index contributed by atoms with van der Waals surface area (Å²) in [6.07, 6.45) is 0. The molecule has 0 aromatic heterocycles. The van der Waals surface area contributed by atoms with Crippen molar-refractivity contribution in [1.82, 2.24) is 0 Å². The molecule has 254 valence electrons. The summed E-state index contributed by atoms with van der Waals surface area (Å²) in [6, 6.07) is 78.9. The molecule has 10 aromatic rings. The Kier molecular flexibility index (Phi) is 7.85. The van der Waals surface area contributed by atoms with Crippen LogP contribution in [0.1, 0.15) is 0 Å². The third-order valence-electron chi connectivity index (χ3n) is 10.5. The molecule has 0 unspecified atom stereocenters. The second kappa shape index (κ2) is 13.4. The van der Waals surface area contributed by atoms with Crippen LogP contribution in [0.5, 0.6) is 0 Å². The third kappa shape index (κ3) is 5.44. The van der Waals surface area contributed by atoms with E-state index in [-0.39, 0.29) is 0 Å². The molecule has 0 aliphatic carbocycles. The van der Waals surface area contributed by atoms with Crippen molar-refractivity contribution in [3.05, 3.63) is 218 Å². The maximum absolute atomic E-state index is 2.41. The normalized spacial score (nSPS) is 11.3. The Hall–Kier alpha value is -7.16. The Bertz CT molecular complexity index is 2620. The Labute approximate surface area is 315 Å². The lowest BCUT2D eigenvalue weighted by molar-refractivity contribution is 1.27. The second-order valence-electron chi connectivity index (χ2n) is 13.7. The molecule has 2 nitrogen and oxygen atoms in total. The van der Waals surface area contributed by atoms with Crippen LogP contribution in [-0.2, 0) is 0 Å². The highest BCUT2D eigenvalue weighted by Crippen LogP contribution is 2.50. The Morgan fingerprint density at radius 1 is 0.259 bits per heavy atom. The topological polar surface area (TPSA) is 6.48 Å². The van der Waals surface area contributed by atoms with Gasteiger partial charge in [-0.05, 0) is 105 Å². The first kappa shape index (κ1) is 31.6. The van der Waals surface area contributed by atoms with E-state index in [0.29, 0.717) is 0 Å². The van der Waals surface area contributed by atoms with Gasteiger partial charge >= 0.3 is 0 Å². The van der Waals surface area contributed by atoms with Crippen molar-refractivity contribution < 1.29 is 0 Å². The third-order valence-corrected chi connectivity index (χ3v) is 10.5. The van der Waals surface area contributed by atoms with E-state index in [0.717, 1.165) is 34.1 Å². The lowest BCUT2D eigenvalue weighted by Crippen LogP contribution is -2.14. The van der Waals surface area contributed by atoms with Crippen LogP contribution in [0.25, 0.3) is 54.6 Å². The predicted molar refractivity (Wildman–Crippen MR) is 230 cm³/mol. The standard InChI is InChI=1S/C52H36N2/c1-6-18-37(19-7-1)45-28-16-17-29-46(45)40-34-38-30-32-47-49(53(41-20-8-2-9-21-41)42-22-10-3-11-23-42)36-50(48-33-31-39(35-40)51(38)52(47)48)54(43-24-12-4-13-25-43)44-26-14-5-15-27-44/h1-36H. The SMILES string of the molecule is c1ccc(-c2ccccc2-c2cc3ccc4c(N(c5ccccc5)c5ccccc5)cc(N(c5ccccc5)c5ccccc5)c5ccc(c2)c3c45)cc1. The molecule has 54 heavy (non-hydrogen) atoms. The number of hydrogen-bond donors (Lipinski definition) is 0. The monoisotopic (exact) mass is 688 g/mol. The van der Waals surface area contributed by atoms with Crippen molar-refractivity contribution in [3.8, 4) is 22.3 Å². The Morgan fingerprint density at radius 3 is 1.02 bits per heavy atom. The number of nitrogens with zero attached hydrogens (tertiary/aromatic N) is 2. The van der Waals surface area contributed by atoms with Gasteiger partial charge in [0.15, 0.2) is 0 Å². The van der Waals surface area contributed by atoms with Gasteiger partial charge in [0, 0.05) is 38.9 Å². The molecule has 0 heterocycles. The van der Waals surface area contributed by atoms with Gasteiger partial charge in [0.05, 0.1) is 11.4 Å². The van der Waals surface area contributed by atoms with Gasteiger partial charge in [-0.1, -0.05) is 152 Å². The summed E-state index contributed by atoms with van der Waals surface area (Å²) < 4.78 is 0. The first-order chi connectivity index (χ1) is 26.8. The summed E-state index contributed by atoms with van der Waals surface area (Å²) in [5, 5.41) is 7.40. The van der Waals surface area contributed by atoms with E-state index in [1.807, 2.05) is 0 Å². The molecule has 0 aliphatic rings. The zero-order valence-electron chi connectivity index (χ0n) is 29.7. The maximum atomic E-state index is 2.41. The number of benzene rings is 10. The molecular weight excluding hydrogens is 653 g/mol. The molecule has 0 bridgehead atoms. The molecule has 0 radical (unpaired) electrons. The van der Waals surface area contributed by atoms with Crippen molar-refractivity contribution in [2.24, 2.45) is 0 Å².